The second kappa shape index (κ2) is 9.80. The molecule has 180 valence electrons. The molecule has 4 rings (SSSR count). The second-order valence-electron chi connectivity index (χ2n) is 7.84. The number of amides is 4. The molecule has 1 saturated heterocycles. The van der Waals surface area contributed by atoms with Crippen molar-refractivity contribution in [1.82, 2.24) is 10.2 Å². The average molecular weight is 481 g/mol. The third kappa shape index (κ3) is 5.37. The predicted molar refractivity (Wildman–Crippen MR) is 122 cm³/mol. The van der Waals surface area contributed by atoms with Crippen LogP contribution in [0, 0.1) is 0 Å². The molecular weight excluding hydrogens is 460 g/mol. The minimum atomic E-state index is -2.98. The van der Waals surface area contributed by atoms with Crippen LogP contribution in [0.25, 0.3) is 0 Å². The molecule has 4 amide bonds. The maximum Gasteiger partial charge on any atom is 0.387 e. The van der Waals surface area contributed by atoms with E-state index in [0.717, 1.165) is 4.90 Å². The number of alkyl halides is 2. The van der Waals surface area contributed by atoms with Crippen LogP contribution in [0.2, 0.25) is 0 Å². The predicted octanol–water partition coefficient (Wildman–Crippen LogP) is 4.49. The molecule has 1 aliphatic rings. The molecule has 2 N–H and O–H groups in total. The van der Waals surface area contributed by atoms with Gasteiger partial charge in [-0.25, -0.2) is 4.79 Å². The van der Waals surface area contributed by atoms with E-state index in [1.165, 1.54) is 31.2 Å². The fourth-order valence-corrected chi connectivity index (χ4v) is 3.58. The summed E-state index contributed by atoms with van der Waals surface area (Å²) in [5.41, 5.74) is -0.647. The van der Waals surface area contributed by atoms with E-state index >= 15 is 0 Å². The number of rotatable bonds is 8. The summed E-state index contributed by atoms with van der Waals surface area (Å²) in [6.45, 7) is -2.01. The number of benzene rings is 3. The van der Waals surface area contributed by atoms with Crippen molar-refractivity contribution in [2.75, 3.05) is 11.9 Å². The van der Waals surface area contributed by atoms with E-state index in [2.05, 4.69) is 15.4 Å². The number of anilines is 1. The number of ether oxygens (including phenoxy) is 2. The largest absolute Gasteiger partial charge is 0.457 e. The standard InChI is InChI=1S/C25H21F2N3O5/c1-25(16-7-11-20(12-8-16)35-23(26)27)22(32)30(24(33)29-25)15-21(31)28-17-9-13-19(14-10-17)34-18-5-3-2-4-6-18/h2-14,23H,15H2,1H3,(H,28,31)(H,29,33). The highest BCUT2D eigenvalue weighted by atomic mass is 19.3. The summed E-state index contributed by atoms with van der Waals surface area (Å²) in [6.07, 6.45) is 0. The number of carbonyl (C=O) groups excluding carboxylic acids is 3. The lowest BCUT2D eigenvalue weighted by Crippen LogP contribution is -2.42. The number of para-hydroxylation sites is 1. The Morgan fingerprint density at radius 3 is 2.17 bits per heavy atom. The summed E-state index contributed by atoms with van der Waals surface area (Å²) in [7, 11) is 0. The normalized spacial score (nSPS) is 17.3. The number of hydrogen-bond acceptors (Lipinski definition) is 5. The van der Waals surface area contributed by atoms with Gasteiger partial charge in [0.05, 0.1) is 0 Å². The van der Waals surface area contributed by atoms with Crippen LogP contribution in [0.3, 0.4) is 0 Å². The van der Waals surface area contributed by atoms with Crippen LogP contribution in [0.1, 0.15) is 12.5 Å². The first-order valence-electron chi connectivity index (χ1n) is 10.6. The second-order valence-corrected chi connectivity index (χ2v) is 7.84. The summed E-state index contributed by atoms with van der Waals surface area (Å²) in [5.74, 6) is -0.0615. The Morgan fingerprint density at radius 2 is 1.54 bits per heavy atom. The molecule has 0 aromatic heterocycles. The maximum absolute atomic E-state index is 13.0. The first kappa shape index (κ1) is 23.7. The number of halogens is 2. The van der Waals surface area contributed by atoms with Gasteiger partial charge < -0.3 is 20.1 Å². The van der Waals surface area contributed by atoms with E-state index in [1.807, 2.05) is 30.3 Å². The lowest BCUT2D eigenvalue weighted by Gasteiger charge is -2.22. The Balaban J connectivity index is 1.37. The Morgan fingerprint density at radius 1 is 0.943 bits per heavy atom. The van der Waals surface area contributed by atoms with Crippen molar-refractivity contribution in [3.63, 3.8) is 0 Å². The molecule has 1 aliphatic heterocycles. The van der Waals surface area contributed by atoms with Gasteiger partial charge in [0.25, 0.3) is 5.91 Å². The van der Waals surface area contributed by atoms with E-state index in [9.17, 15) is 23.2 Å². The van der Waals surface area contributed by atoms with Crippen molar-refractivity contribution in [2.24, 2.45) is 0 Å². The van der Waals surface area contributed by atoms with E-state index in [4.69, 9.17) is 4.74 Å². The Kier molecular flexibility index (Phi) is 6.63. The minimum Gasteiger partial charge on any atom is -0.457 e. The lowest BCUT2D eigenvalue weighted by molar-refractivity contribution is -0.133. The Bertz CT molecular complexity index is 1220. The molecule has 0 radical (unpaired) electrons. The van der Waals surface area contributed by atoms with Gasteiger partial charge in [-0.1, -0.05) is 30.3 Å². The molecule has 1 heterocycles. The zero-order valence-electron chi connectivity index (χ0n) is 18.5. The van der Waals surface area contributed by atoms with Crippen LogP contribution < -0.4 is 20.1 Å². The fourth-order valence-electron chi connectivity index (χ4n) is 3.58. The van der Waals surface area contributed by atoms with Gasteiger partial charge in [0.1, 0.15) is 29.3 Å². The van der Waals surface area contributed by atoms with Crippen molar-refractivity contribution < 1.29 is 32.6 Å². The molecule has 8 nitrogen and oxygen atoms in total. The van der Waals surface area contributed by atoms with Gasteiger partial charge in [0.15, 0.2) is 0 Å². The molecule has 1 atom stereocenters. The van der Waals surface area contributed by atoms with Crippen LogP contribution in [0.5, 0.6) is 17.2 Å². The van der Waals surface area contributed by atoms with Crippen molar-refractivity contribution in [3.05, 3.63) is 84.4 Å². The summed E-state index contributed by atoms with van der Waals surface area (Å²) in [6, 6.07) is 20.4. The molecule has 1 fully saturated rings. The third-order valence-corrected chi connectivity index (χ3v) is 5.35. The number of carbonyl (C=O) groups is 3. The van der Waals surface area contributed by atoms with Gasteiger partial charge in [-0.05, 0) is 61.0 Å². The zero-order chi connectivity index (χ0) is 25.0. The fraction of sp³-hybridized carbons (Fsp3) is 0.160. The number of nitrogens with one attached hydrogen (secondary N) is 2. The number of urea groups is 1. The molecule has 10 heteroatoms. The molecule has 0 bridgehead atoms. The summed E-state index contributed by atoms with van der Waals surface area (Å²) in [4.78, 5) is 38.8. The SMILES string of the molecule is CC1(c2ccc(OC(F)F)cc2)NC(=O)N(CC(=O)Nc2ccc(Oc3ccccc3)cc2)C1=O. The molecule has 35 heavy (non-hydrogen) atoms. The van der Waals surface area contributed by atoms with Crippen molar-refractivity contribution >= 4 is 23.5 Å². The molecule has 0 aliphatic carbocycles. The molecule has 3 aromatic carbocycles. The molecule has 0 spiro atoms. The van der Waals surface area contributed by atoms with E-state index in [0.29, 0.717) is 22.7 Å². The van der Waals surface area contributed by atoms with Gasteiger partial charge in [-0.2, -0.15) is 8.78 Å². The molecular formula is C25H21F2N3O5. The number of hydrogen-bond donors (Lipinski definition) is 2. The van der Waals surface area contributed by atoms with E-state index in [1.54, 1.807) is 24.3 Å². The van der Waals surface area contributed by atoms with Gasteiger partial charge in [-0.3, -0.25) is 14.5 Å². The van der Waals surface area contributed by atoms with Crippen LogP contribution in [0.15, 0.2) is 78.9 Å². The molecule has 3 aromatic rings. The topological polar surface area (TPSA) is 97.0 Å². The highest BCUT2D eigenvalue weighted by molar-refractivity contribution is 6.10. The van der Waals surface area contributed by atoms with Crippen LogP contribution >= 0.6 is 0 Å². The maximum atomic E-state index is 13.0. The average Bonchev–Trinajstić information content (AvgIpc) is 3.05. The summed E-state index contributed by atoms with van der Waals surface area (Å²) >= 11 is 0. The Labute approximate surface area is 199 Å². The monoisotopic (exact) mass is 481 g/mol. The van der Waals surface area contributed by atoms with Gasteiger partial charge in [0.2, 0.25) is 5.91 Å². The van der Waals surface area contributed by atoms with Crippen molar-refractivity contribution in [1.29, 1.82) is 0 Å². The quantitative estimate of drug-likeness (QED) is 0.463. The smallest absolute Gasteiger partial charge is 0.387 e. The van der Waals surface area contributed by atoms with E-state index in [-0.39, 0.29) is 5.75 Å². The first-order valence-corrected chi connectivity index (χ1v) is 10.6. The van der Waals surface area contributed by atoms with Crippen LogP contribution in [-0.2, 0) is 15.1 Å². The van der Waals surface area contributed by atoms with Gasteiger partial charge >= 0.3 is 12.6 Å². The highest BCUT2D eigenvalue weighted by Gasteiger charge is 2.49. The lowest BCUT2D eigenvalue weighted by atomic mass is 9.92. The van der Waals surface area contributed by atoms with Crippen molar-refractivity contribution in [2.45, 2.75) is 19.1 Å². The molecule has 1 unspecified atom stereocenters. The summed E-state index contributed by atoms with van der Waals surface area (Å²) in [5, 5.41) is 5.20. The highest BCUT2D eigenvalue weighted by Crippen LogP contribution is 2.30. The molecule has 0 saturated carbocycles. The van der Waals surface area contributed by atoms with E-state index < -0.39 is 36.5 Å². The van der Waals surface area contributed by atoms with Crippen LogP contribution in [-0.4, -0.2) is 35.9 Å². The first-order chi connectivity index (χ1) is 16.7. The zero-order valence-corrected chi connectivity index (χ0v) is 18.5. The van der Waals surface area contributed by atoms with Gasteiger partial charge in [-0.15, -0.1) is 0 Å². The number of nitrogens with zero attached hydrogens (tertiary/aromatic N) is 1. The third-order valence-electron chi connectivity index (χ3n) is 5.35. The van der Waals surface area contributed by atoms with Gasteiger partial charge in [0, 0.05) is 5.69 Å². The Hall–Kier alpha value is -4.47. The van der Waals surface area contributed by atoms with Crippen molar-refractivity contribution in [3.8, 4) is 17.2 Å². The number of imide groups is 1. The minimum absolute atomic E-state index is 0.0828. The van der Waals surface area contributed by atoms with Crippen LogP contribution in [0.4, 0.5) is 19.3 Å². The summed E-state index contributed by atoms with van der Waals surface area (Å²) < 4.78 is 34.7.